The van der Waals surface area contributed by atoms with Crippen molar-refractivity contribution in [3.8, 4) is 0 Å². The first-order chi connectivity index (χ1) is 15.7. The third-order valence-corrected chi connectivity index (χ3v) is 5.19. The van der Waals surface area contributed by atoms with Crippen LogP contribution in [0.5, 0.6) is 0 Å². The zero-order chi connectivity index (χ0) is 23.8. The first-order valence-corrected chi connectivity index (χ1v) is 9.87. The number of benzene rings is 1. The van der Waals surface area contributed by atoms with Gasteiger partial charge in [-0.1, -0.05) is 5.21 Å². The SMILES string of the molecule is C[C@]1(Cn2ccnn2)CN(c2cc(F)c(N3CCN(C(=O)C(F)F)CC=N3)c(F)c2)C(=O)O1. The summed E-state index contributed by atoms with van der Waals surface area (Å²) in [6.07, 6.45) is 0.211. The van der Waals surface area contributed by atoms with Crippen molar-refractivity contribution < 1.29 is 31.9 Å². The van der Waals surface area contributed by atoms with Crippen molar-refractivity contribution >= 4 is 29.6 Å². The minimum Gasteiger partial charge on any atom is -0.439 e. The highest BCUT2D eigenvalue weighted by Gasteiger charge is 2.43. The molecule has 2 aromatic rings. The summed E-state index contributed by atoms with van der Waals surface area (Å²) in [7, 11) is 0. The van der Waals surface area contributed by atoms with E-state index in [1.807, 2.05) is 0 Å². The summed E-state index contributed by atoms with van der Waals surface area (Å²) in [5, 5.41) is 12.3. The molecule has 0 radical (unpaired) electrons. The maximum absolute atomic E-state index is 14.9. The topological polar surface area (TPSA) is 96.2 Å². The Bertz CT molecular complexity index is 1060. The van der Waals surface area contributed by atoms with Gasteiger partial charge in [0.2, 0.25) is 0 Å². The molecule has 1 fully saturated rings. The molecule has 33 heavy (non-hydrogen) atoms. The van der Waals surface area contributed by atoms with E-state index in [1.165, 1.54) is 10.9 Å². The molecular formula is C19H19F4N7O3. The monoisotopic (exact) mass is 469 g/mol. The number of anilines is 2. The lowest BCUT2D eigenvalue weighted by Crippen LogP contribution is -2.39. The van der Waals surface area contributed by atoms with Crippen LogP contribution in [-0.2, 0) is 16.1 Å². The van der Waals surface area contributed by atoms with Crippen LogP contribution in [0.2, 0.25) is 0 Å². The molecule has 10 nitrogen and oxygen atoms in total. The number of hydrazone groups is 1. The second kappa shape index (κ2) is 8.67. The summed E-state index contributed by atoms with van der Waals surface area (Å²) in [6.45, 7) is 1.23. The number of halogens is 4. The van der Waals surface area contributed by atoms with E-state index in [1.54, 1.807) is 13.1 Å². The number of hydrogen-bond acceptors (Lipinski definition) is 7. The normalized spacial score (nSPS) is 21.0. The predicted octanol–water partition coefficient (Wildman–Crippen LogP) is 1.87. The fourth-order valence-electron chi connectivity index (χ4n) is 3.70. The van der Waals surface area contributed by atoms with Crippen molar-refractivity contribution in [2.24, 2.45) is 5.10 Å². The van der Waals surface area contributed by atoms with Crippen LogP contribution in [0.3, 0.4) is 0 Å². The first kappa shape index (κ1) is 22.5. The molecule has 14 heteroatoms. The maximum Gasteiger partial charge on any atom is 0.415 e. The number of hydrogen-bond donors (Lipinski definition) is 0. The number of carbonyl (C=O) groups is 2. The van der Waals surface area contributed by atoms with Gasteiger partial charge in [-0.15, -0.1) is 5.10 Å². The van der Waals surface area contributed by atoms with Crippen molar-refractivity contribution in [3.05, 3.63) is 36.2 Å². The molecule has 0 saturated carbocycles. The maximum atomic E-state index is 14.9. The van der Waals surface area contributed by atoms with Crippen molar-refractivity contribution in [2.45, 2.75) is 25.5 Å². The second-order valence-electron chi connectivity index (χ2n) is 7.77. The highest BCUT2D eigenvalue weighted by molar-refractivity contribution is 5.90. The van der Waals surface area contributed by atoms with Crippen LogP contribution in [0.25, 0.3) is 0 Å². The van der Waals surface area contributed by atoms with Crippen LogP contribution in [0.4, 0.5) is 33.7 Å². The van der Waals surface area contributed by atoms with E-state index < -0.39 is 41.3 Å². The zero-order valence-corrected chi connectivity index (χ0v) is 17.4. The Balaban J connectivity index is 1.52. The smallest absolute Gasteiger partial charge is 0.415 e. The van der Waals surface area contributed by atoms with Crippen LogP contribution in [-0.4, -0.2) is 76.3 Å². The van der Waals surface area contributed by atoms with E-state index in [0.29, 0.717) is 0 Å². The van der Waals surface area contributed by atoms with Gasteiger partial charge in [-0.05, 0) is 6.92 Å². The van der Waals surface area contributed by atoms with Crippen LogP contribution >= 0.6 is 0 Å². The summed E-state index contributed by atoms with van der Waals surface area (Å²) in [4.78, 5) is 25.8. The highest BCUT2D eigenvalue weighted by atomic mass is 19.3. The van der Waals surface area contributed by atoms with E-state index in [-0.39, 0.29) is 38.4 Å². The van der Waals surface area contributed by atoms with Gasteiger partial charge in [-0.25, -0.2) is 18.3 Å². The quantitative estimate of drug-likeness (QED) is 0.621. The lowest BCUT2D eigenvalue weighted by Gasteiger charge is -2.23. The van der Waals surface area contributed by atoms with Gasteiger partial charge in [0.05, 0.1) is 38.1 Å². The minimum atomic E-state index is -3.19. The molecule has 1 atom stereocenters. The molecule has 4 rings (SSSR count). The van der Waals surface area contributed by atoms with Gasteiger partial charge in [0.25, 0.3) is 5.91 Å². The van der Waals surface area contributed by atoms with Gasteiger partial charge in [0, 0.05) is 31.1 Å². The zero-order valence-electron chi connectivity index (χ0n) is 17.4. The molecule has 0 aliphatic carbocycles. The molecule has 2 aliphatic heterocycles. The van der Waals surface area contributed by atoms with Gasteiger partial charge in [0.15, 0.2) is 11.6 Å². The Morgan fingerprint density at radius 3 is 2.61 bits per heavy atom. The number of alkyl halides is 2. The molecule has 176 valence electrons. The van der Waals surface area contributed by atoms with E-state index >= 15 is 0 Å². The van der Waals surface area contributed by atoms with Crippen molar-refractivity contribution in [2.75, 3.05) is 36.1 Å². The summed E-state index contributed by atoms with van der Waals surface area (Å²) in [6, 6.07) is 1.92. The third-order valence-electron chi connectivity index (χ3n) is 5.19. The fraction of sp³-hybridized carbons (Fsp3) is 0.421. The van der Waals surface area contributed by atoms with Gasteiger partial charge in [-0.2, -0.15) is 13.9 Å². The number of nitrogens with zero attached hydrogens (tertiary/aromatic N) is 7. The molecule has 1 aromatic carbocycles. The van der Waals surface area contributed by atoms with Crippen LogP contribution in [0, 0.1) is 11.6 Å². The number of carbonyl (C=O) groups excluding carboxylic acids is 2. The van der Waals surface area contributed by atoms with E-state index in [0.717, 1.165) is 33.2 Å². The molecule has 0 N–H and O–H groups in total. The molecule has 0 unspecified atom stereocenters. The molecular weight excluding hydrogens is 450 g/mol. The Kier molecular flexibility index (Phi) is 5.91. The molecule has 1 aromatic heterocycles. The summed E-state index contributed by atoms with van der Waals surface area (Å²) < 4.78 is 62.1. The molecule has 2 aliphatic rings. The standard InChI is InChI=1S/C19H19F4N7O3/c1-19(10-28-5-2-24-26-28)11-29(18(32)33-19)12-8-13(20)15(14(21)9-12)30-7-6-27(4-3-25-30)17(31)16(22)23/h2-3,5,8-9,16H,4,6-7,10-11H2,1H3/t19-/m0/s1. The summed E-state index contributed by atoms with van der Waals surface area (Å²) >= 11 is 0. The minimum absolute atomic E-state index is 0.0104. The largest absolute Gasteiger partial charge is 0.439 e. The van der Waals surface area contributed by atoms with E-state index in [9.17, 15) is 27.2 Å². The number of aromatic nitrogens is 3. The van der Waals surface area contributed by atoms with Crippen molar-refractivity contribution in [1.29, 1.82) is 0 Å². The number of amides is 2. The number of rotatable bonds is 5. The first-order valence-electron chi connectivity index (χ1n) is 9.87. The Hall–Kier alpha value is -3.71. The average Bonchev–Trinajstić information content (AvgIpc) is 3.27. The molecule has 0 bridgehead atoms. The summed E-state index contributed by atoms with van der Waals surface area (Å²) in [5.41, 5.74) is -1.60. The van der Waals surface area contributed by atoms with Crippen molar-refractivity contribution in [1.82, 2.24) is 19.9 Å². The van der Waals surface area contributed by atoms with E-state index in [2.05, 4.69) is 15.4 Å². The van der Waals surface area contributed by atoms with Gasteiger partial charge in [-0.3, -0.25) is 14.7 Å². The Morgan fingerprint density at radius 1 is 1.24 bits per heavy atom. The molecule has 0 spiro atoms. The van der Waals surface area contributed by atoms with Crippen molar-refractivity contribution in [3.63, 3.8) is 0 Å². The van der Waals surface area contributed by atoms with Crippen LogP contribution in [0.15, 0.2) is 29.6 Å². The lowest BCUT2D eigenvalue weighted by atomic mass is 10.1. The Labute approximate surface area is 185 Å². The number of ether oxygens (including phenoxy) is 1. The molecule has 3 heterocycles. The molecule has 1 saturated heterocycles. The van der Waals surface area contributed by atoms with Crippen LogP contribution in [0.1, 0.15) is 6.92 Å². The summed E-state index contributed by atoms with van der Waals surface area (Å²) in [5.74, 6) is -3.43. The third kappa shape index (κ3) is 4.59. The number of cyclic esters (lactones) is 1. The molecule has 2 amide bonds. The highest BCUT2D eigenvalue weighted by Crippen LogP contribution is 2.34. The predicted molar refractivity (Wildman–Crippen MR) is 107 cm³/mol. The van der Waals surface area contributed by atoms with E-state index in [4.69, 9.17) is 4.74 Å². The van der Waals surface area contributed by atoms with Gasteiger partial charge < -0.3 is 9.64 Å². The Morgan fingerprint density at radius 2 is 1.97 bits per heavy atom. The van der Waals surface area contributed by atoms with Crippen LogP contribution < -0.4 is 9.91 Å². The lowest BCUT2D eigenvalue weighted by molar-refractivity contribution is -0.141. The average molecular weight is 469 g/mol. The van der Waals surface area contributed by atoms with Gasteiger partial charge in [0.1, 0.15) is 11.3 Å². The second-order valence-corrected chi connectivity index (χ2v) is 7.77. The fourth-order valence-corrected chi connectivity index (χ4v) is 3.70. The van der Waals surface area contributed by atoms with Gasteiger partial charge >= 0.3 is 12.5 Å².